The van der Waals surface area contributed by atoms with E-state index in [1.165, 1.54) is 106 Å². The number of hydrogen-bond acceptors (Lipinski definition) is 2. The smallest absolute Gasteiger partial charge is 0.333 e. The van der Waals surface area contributed by atoms with Gasteiger partial charge < -0.3 is 9.71 Å². The van der Waals surface area contributed by atoms with Crippen LogP contribution in [0.25, 0.3) is 22.3 Å². The first kappa shape index (κ1) is 35.4. The van der Waals surface area contributed by atoms with Gasteiger partial charge in [0.15, 0.2) is 0 Å². The second-order valence-electron chi connectivity index (χ2n) is 19.0. The van der Waals surface area contributed by atoms with Gasteiger partial charge in [-0.05, 0) is 121 Å². The van der Waals surface area contributed by atoms with Gasteiger partial charge in [0, 0.05) is 33.7 Å². The van der Waals surface area contributed by atoms with Crippen molar-refractivity contribution >= 4 is 46.2 Å². The van der Waals surface area contributed by atoms with Gasteiger partial charge in [0.2, 0.25) is 0 Å². The van der Waals surface area contributed by atoms with Crippen LogP contribution in [-0.2, 0) is 16.2 Å². The highest BCUT2D eigenvalue weighted by Gasteiger charge is 2.53. The molecule has 0 fully saturated rings. The lowest BCUT2D eigenvalue weighted by Crippen LogP contribution is -2.62. The summed E-state index contributed by atoms with van der Waals surface area (Å²) in [4.78, 5) is 5.32. The number of anilines is 5. The second-order valence-corrected chi connectivity index (χ2v) is 19.0. The third kappa shape index (κ3) is 4.56. The van der Waals surface area contributed by atoms with Crippen molar-refractivity contribution in [2.24, 2.45) is 0 Å². The molecule has 0 unspecified atom stereocenters. The largest absolute Gasteiger partial charge is 0.376 e. The summed E-state index contributed by atoms with van der Waals surface area (Å²) in [6.07, 6.45) is 0. The fourth-order valence-electron chi connectivity index (χ4n) is 11.6. The number of fused-ring (bicyclic) bond motifs is 9. The summed E-state index contributed by atoms with van der Waals surface area (Å²) in [6, 6.07) is 67.3. The minimum atomic E-state index is -0.549. The van der Waals surface area contributed by atoms with Crippen LogP contribution in [0.1, 0.15) is 79.1 Å². The first-order chi connectivity index (χ1) is 29.1. The molecule has 0 saturated heterocycles. The van der Waals surface area contributed by atoms with Crippen molar-refractivity contribution in [3.8, 4) is 22.3 Å². The topological polar surface area (TPSA) is 6.48 Å². The van der Waals surface area contributed by atoms with E-state index in [0.29, 0.717) is 0 Å². The van der Waals surface area contributed by atoms with Gasteiger partial charge in [-0.1, -0.05) is 174 Å². The highest BCUT2D eigenvalue weighted by atomic mass is 15.2. The van der Waals surface area contributed by atoms with Crippen molar-refractivity contribution in [3.63, 3.8) is 0 Å². The van der Waals surface area contributed by atoms with E-state index in [1.54, 1.807) is 0 Å². The third-order valence-electron chi connectivity index (χ3n) is 14.3. The van der Waals surface area contributed by atoms with Gasteiger partial charge in [0.1, 0.15) is 0 Å². The van der Waals surface area contributed by atoms with E-state index >= 15 is 0 Å². The van der Waals surface area contributed by atoms with Gasteiger partial charge in [-0.3, -0.25) is 0 Å². The van der Waals surface area contributed by atoms with Crippen LogP contribution in [0, 0.1) is 6.92 Å². The highest BCUT2D eigenvalue weighted by molar-refractivity contribution is 6.93. The quantitative estimate of drug-likeness (QED) is 0.165. The van der Waals surface area contributed by atoms with Crippen LogP contribution in [0.15, 0.2) is 176 Å². The molecule has 288 valence electrons. The molecular weight excluding hydrogens is 723 g/mol. The Hall–Kier alpha value is -6.58. The summed E-state index contributed by atoms with van der Waals surface area (Å²) < 4.78 is 0. The molecule has 4 aliphatic rings. The Balaban J connectivity index is 1.22. The molecule has 0 amide bonds. The molecule has 0 radical (unpaired) electrons. The average Bonchev–Trinajstić information content (AvgIpc) is 3.49. The minimum absolute atomic E-state index is 0.0428. The number of nitrogens with zero attached hydrogens (tertiary/aromatic N) is 2. The maximum absolute atomic E-state index is 2.69. The Kier molecular flexibility index (Phi) is 7.22. The zero-order valence-electron chi connectivity index (χ0n) is 35.2. The van der Waals surface area contributed by atoms with E-state index < -0.39 is 5.41 Å². The third-order valence-corrected chi connectivity index (χ3v) is 14.3. The number of para-hydroxylation sites is 2. The van der Waals surface area contributed by atoms with Gasteiger partial charge >= 0.3 is 6.85 Å². The molecule has 0 saturated carbocycles. The summed E-state index contributed by atoms with van der Waals surface area (Å²) in [5.41, 5.74) is 24.2. The van der Waals surface area contributed by atoms with Gasteiger partial charge in [-0.25, -0.2) is 0 Å². The van der Waals surface area contributed by atoms with Crippen molar-refractivity contribution in [1.29, 1.82) is 0 Å². The van der Waals surface area contributed by atoms with Crippen molar-refractivity contribution < 1.29 is 0 Å². The van der Waals surface area contributed by atoms with Crippen LogP contribution in [-0.4, -0.2) is 6.85 Å². The summed E-state index contributed by atoms with van der Waals surface area (Å²) in [5, 5.41) is 0. The van der Waals surface area contributed by atoms with Gasteiger partial charge in [0.25, 0.3) is 0 Å². The summed E-state index contributed by atoms with van der Waals surface area (Å²) in [6.45, 7) is 13.9. The van der Waals surface area contributed by atoms with Crippen LogP contribution >= 0.6 is 0 Å². The molecule has 0 aromatic heterocycles. The first-order valence-electron chi connectivity index (χ1n) is 21.6. The van der Waals surface area contributed by atoms with Crippen molar-refractivity contribution in [1.82, 2.24) is 0 Å². The van der Waals surface area contributed by atoms with Crippen molar-refractivity contribution in [2.45, 2.75) is 57.8 Å². The van der Waals surface area contributed by atoms with Crippen molar-refractivity contribution in [3.05, 3.63) is 220 Å². The average molecular weight is 771 g/mol. The van der Waals surface area contributed by atoms with E-state index in [0.717, 1.165) is 0 Å². The highest BCUT2D eigenvalue weighted by Crippen LogP contribution is 2.60. The Morgan fingerprint density at radius 2 is 1.12 bits per heavy atom. The molecule has 3 heterocycles. The first-order valence-corrected chi connectivity index (χ1v) is 21.6. The van der Waals surface area contributed by atoms with E-state index in [-0.39, 0.29) is 17.7 Å². The van der Waals surface area contributed by atoms with E-state index in [1.807, 2.05) is 0 Å². The molecule has 8 aromatic rings. The molecule has 8 aromatic carbocycles. The lowest BCUT2D eigenvalue weighted by atomic mass is 9.42. The van der Waals surface area contributed by atoms with Crippen LogP contribution in [0.5, 0.6) is 0 Å². The van der Waals surface area contributed by atoms with Gasteiger partial charge in [-0.2, -0.15) is 0 Å². The van der Waals surface area contributed by atoms with Gasteiger partial charge in [-0.15, -0.1) is 0 Å². The summed E-state index contributed by atoms with van der Waals surface area (Å²) in [5.74, 6) is 0. The second kappa shape index (κ2) is 12.2. The lowest BCUT2D eigenvalue weighted by molar-refractivity contribution is 0.590. The minimum Gasteiger partial charge on any atom is -0.376 e. The van der Waals surface area contributed by atoms with E-state index in [9.17, 15) is 0 Å². The van der Waals surface area contributed by atoms with Crippen LogP contribution in [0.2, 0.25) is 0 Å². The molecule has 60 heavy (non-hydrogen) atoms. The van der Waals surface area contributed by atoms with E-state index in [4.69, 9.17) is 0 Å². The Labute approximate surface area is 354 Å². The van der Waals surface area contributed by atoms with Crippen LogP contribution in [0.3, 0.4) is 0 Å². The molecule has 1 aliphatic carbocycles. The number of rotatable bonds is 3. The zero-order valence-corrected chi connectivity index (χ0v) is 35.2. The molecule has 2 nitrogen and oxygen atoms in total. The molecule has 0 N–H and O–H groups in total. The predicted octanol–water partition coefficient (Wildman–Crippen LogP) is 13.0. The SMILES string of the molecule is Cc1cc2c3c(c1)N1c4ccccc4C(c4ccccc4)(c4ccccc4)c4cccc(c41)B3N(c1ccc(C(C)(C)C)cc1)c1cc3c(cc1-2)C(C)(C)c1ccccc1-3. The maximum Gasteiger partial charge on any atom is 0.333 e. The molecule has 12 rings (SSSR count). The molecule has 0 bridgehead atoms. The fourth-order valence-corrected chi connectivity index (χ4v) is 11.6. The van der Waals surface area contributed by atoms with Crippen LogP contribution < -0.4 is 20.6 Å². The summed E-state index contributed by atoms with van der Waals surface area (Å²) >= 11 is 0. The molecule has 0 atom stereocenters. The Morgan fingerprint density at radius 3 is 1.82 bits per heavy atom. The molecule has 3 heteroatoms. The molecular formula is C57H47BN2. The van der Waals surface area contributed by atoms with Crippen molar-refractivity contribution in [2.75, 3.05) is 9.71 Å². The fraction of sp³-hybridized carbons (Fsp3) is 0.158. The van der Waals surface area contributed by atoms with Crippen LogP contribution in [0.4, 0.5) is 28.4 Å². The maximum atomic E-state index is 2.69. The Morgan fingerprint density at radius 1 is 0.483 bits per heavy atom. The van der Waals surface area contributed by atoms with Gasteiger partial charge in [0.05, 0.1) is 11.1 Å². The Bertz CT molecular complexity index is 3020. The molecule has 3 aliphatic heterocycles. The monoisotopic (exact) mass is 770 g/mol. The number of benzene rings is 8. The normalized spacial score (nSPS) is 15.7. The number of aryl methyl sites for hydroxylation is 1. The standard InChI is InChI=1S/C57H47BN2/c1-36-32-44-43-34-48-42(41-22-13-14-23-45(41)56(48,5)6)35-51(43)60(40-30-28-37(29-31-40)55(2,3)4)58-49-26-17-25-47-54(49)59(52(33-36)53(44)58)50-27-16-15-24-46(50)57(47,38-18-9-7-10-19-38)39-20-11-8-12-21-39/h7-35H,1-6H3. The number of hydrogen-bond donors (Lipinski definition) is 0. The molecule has 0 spiro atoms. The predicted molar refractivity (Wildman–Crippen MR) is 253 cm³/mol. The lowest BCUT2D eigenvalue weighted by Gasteiger charge is -2.52. The summed E-state index contributed by atoms with van der Waals surface area (Å²) in [7, 11) is 0. The van der Waals surface area contributed by atoms with E-state index in [2.05, 4.69) is 227 Å². The zero-order chi connectivity index (χ0) is 40.7.